The molecule has 0 spiro atoms. The molecule has 0 aromatic carbocycles. The Labute approximate surface area is 127 Å². The van der Waals surface area contributed by atoms with Crippen molar-refractivity contribution in [1.29, 1.82) is 0 Å². The van der Waals surface area contributed by atoms with E-state index in [1.165, 1.54) is 17.7 Å². The third-order valence-electron chi connectivity index (χ3n) is 3.41. The summed E-state index contributed by atoms with van der Waals surface area (Å²) in [5.74, 6) is -0.155. The number of nitrogens with zero attached hydrogens (tertiary/aromatic N) is 3. The van der Waals surface area contributed by atoms with Gasteiger partial charge in [-0.1, -0.05) is 0 Å². The van der Waals surface area contributed by atoms with Crippen molar-refractivity contribution in [2.45, 2.75) is 26.2 Å². The number of rotatable bonds is 7. The molecule has 0 fully saturated rings. The van der Waals surface area contributed by atoms with Crippen LogP contribution in [-0.2, 0) is 0 Å². The number of aliphatic hydroxyl groups excluding tert-OH is 1. The third kappa shape index (κ3) is 3.30. The Balaban J connectivity index is 2.29. The molecule has 114 valence electrons. The lowest BCUT2D eigenvalue weighted by molar-refractivity contribution is 0.0701. The van der Waals surface area contributed by atoms with Crippen molar-refractivity contribution in [3.63, 3.8) is 0 Å². The molecule has 2 aromatic heterocycles. The lowest BCUT2D eigenvalue weighted by atomic mass is 10.2. The fourth-order valence-electron chi connectivity index (χ4n) is 2.29. The molecule has 21 heavy (non-hydrogen) atoms. The smallest absolute Gasteiger partial charge is 0.346 e. The van der Waals surface area contributed by atoms with Crippen LogP contribution in [0.2, 0.25) is 0 Å². The number of aromatic nitrogens is 2. The summed E-state index contributed by atoms with van der Waals surface area (Å²) in [6, 6.07) is 0. The average Bonchev–Trinajstić information content (AvgIpc) is 2.81. The predicted octanol–water partition coefficient (Wildman–Crippen LogP) is 2.30. The molecular formula is C14H19N3O3S. The summed E-state index contributed by atoms with van der Waals surface area (Å²) in [7, 11) is 1.94. The second kappa shape index (κ2) is 6.82. The molecule has 7 heteroatoms. The first kappa shape index (κ1) is 15.7. The molecule has 0 aliphatic heterocycles. The summed E-state index contributed by atoms with van der Waals surface area (Å²) in [6.45, 7) is 2.83. The first-order valence-corrected chi connectivity index (χ1v) is 7.67. The molecule has 6 nitrogen and oxygen atoms in total. The standard InChI is InChI=1S/C14H19N3O3S/c1-9-10-12(17(2)6-4-3-5-7-18)15-8-16-13(10)21-11(9)14(19)20/h8,18H,3-7H2,1-2H3,(H,19,20). The maximum atomic E-state index is 11.2. The van der Waals surface area contributed by atoms with Crippen LogP contribution in [0.4, 0.5) is 5.82 Å². The minimum Gasteiger partial charge on any atom is -0.477 e. The topological polar surface area (TPSA) is 86.5 Å². The van der Waals surface area contributed by atoms with Crippen molar-refractivity contribution in [2.75, 3.05) is 25.1 Å². The molecule has 0 aliphatic carbocycles. The van der Waals surface area contributed by atoms with Gasteiger partial charge in [0.05, 0.1) is 5.39 Å². The van der Waals surface area contributed by atoms with Gasteiger partial charge in [0.1, 0.15) is 21.9 Å². The van der Waals surface area contributed by atoms with Gasteiger partial charge in [-0.05, 0) is 31.7 Å². The second-order valence-corrected chi connectivity index (χ2v) is 5.94. The molecule has 0 radical (unpaired) electrons. The fourth-order valence-corrected chi connectivity index (χ4v) is 3.27. The highest BCUT2D eigenvalue weighted by molar-refractivity contribution is 7.20. The number of aryl methyl sites for hydroxylation is 1. The molecular weight excluding hydrogens is 290 g/mol. The first-order valence-electron chi connectivity index (χ1n) is 6.85. The van der Waals surface area contributed by atoms with E-state index in [0.29, 0.717) is 9.71 Å². The molecule has 0 amide bonds. The first-order chi connectivity index (χ1) is 10.1. The SMILES string of the molecule is Cc1c(C(=O)O)sc2ncnc(N(C)CCCCCO)c12. The maximum absolute atomic E-state index is 11.2. The van der Waals surface area contributed by atoms with Gasteiger partial charge >= 0.3 is 5.97 Å². The van der Waals surface area contributed by atoms with Crippen molar-refractivity contribution >= 4 is 33.3 Å². The second-order valence-electron chi connectivity index (χ2n) is 4.94. The number of hydrogen-bond acceptors (Lipinski definition) is 6. The van der Waals surface area contributed by atoms with Gasteiger partial charge in [0.2, 0.25) is 0 Å². The summed E-state index contributed by atoms with van der Waals surface area (Å²) >= 11 is 1.19. The summed E-state index contributed by atoms with van der Waals surface area (Å²) in [5.41, 5.74) is 0.723. The van der Waals surface area contributed by atoms with Crippen molar-refractivity contribution in [3.8, 4) is 0 Å². The Morgan fingerprint density at radius 3 is 2.76 bits per heavy atom. The Morgan fingerprint density at radius 2 is 2.10 bits per heavy atom. The van der Waals surface area contributed by atoms with Gasteiger partial charge < -0.3 is 15.1 Å². The van der Waals surface area contributed by atoms with E-state index >= 15 is 0 Å². The average molecular weight is 309 g/mol. The monoisotopic (exact) mass is 309 g/mol. The molecule has 0 bridgehead atoms. The number of fused-ring (bicyclic) bond motifs is 1. The van der Waals surface area contributed by atoms with Crippen LogP contribution in [0.5, 0.6) is 0 Å². The van der Waals surface area contributed by atoms with E-state index in [1.54, 1.807) is 6.92 Å². The van der Waals surface area contributed by atoms with E-state index in [-0.39, 0.29) is 6.61 Å². The Kier molecular flexibility index (Phi) is 5.08. The summed E-state index contributed by atoms with van der Waals surface area (Å²) < 4.78 is 0. The van der Waals surface area contributed by atoms with E-state index in [0.717, 1.165) is 42.6 Å². The summed E-state index contributed by atoms with van der Waals surface area (Å²) in [6.07, 6.45) is 4.19. The maximum Gasteiger partial charge on any atom is 0.346 e. The predicted molar refractivity (Wildman–Crippen MR) is 83.3 cm³/mol. The van der Waals surface area contributed by atoms with Crippen LogP contribution in [0.15, 0.2) is 6.33 Å². The quantitative estimate of drug-likeness (QED) is 0.763. The largest absolute Gasteiger partial charge is 0.477 e. The van der Waals surface area contributed by atoms with Gasteiger partial charge in [-0.3, -0.25) is 0 Å². The van der Waals surface area contributed by atoms with Crippen LogP contribution in [-0.4, -0.2) is 46.3 Å². The number of aliphatic hydroxyl groups is 1. The number of unbranched alkanes of at least 4 members (excludes halogenated alkanes) is 2. The molecule has 0 unspecified atom stereocenters. The van der Waals surface area contributed by atoms with Gasteiger partial charge in [0.15, 0.2) is 0 Å². The zero-order valence-electron chi connectivity index (χ0n) is 12.2. The van der Waals surface area contributed by atoms with Crippen molar-refractivity contribution in [1.82, 2.24) is 9.97 Å². The minimum absolute atomic E-state index is 0.215. The van der Waals surface area contributed by atoms with Crippen LogP contribution in [0.3, 0.4) is 0 Å². The van der Waals surface area contributed by atoms with Gasteiger partial charge in [-0.2, -0.15) is 0 Å². The van der Waals surface area contributed by atoms with Crippen molar-refractivity contribution in [2.24, 2.45) is 0 Å². The number of thiophene rings is 1. The van der Waals surface area contributed by atoms with E-state index in [2.05, 4.69) is 9.97 Å². The number of carboxylic acids is 1. The molecule has 2 aromatic rings. The summed E-state index contributed by atoms with van der Waals surface area (Å²) in [5, 5.41) is 18.8. The van der Waals surface area contributed by atoms with Gasteiger partial charge in [-0.15, -0.1) is 11.3 Å². The lowest BCUT2D eigenvalue weighted by Crippen LogP contribution is -2.20. The van der Waals surface area contributed by atoms with Gasteiger partial charge in [0, 0.05) is 20.2 Å². The van der Waals surface area contributed by atoms with Crippen LogP contribution >= 0.6 is 11.3 Å². The minimum atomic E-state index is -0.924. The van der Waals surface area contributed by atoms with E-state index < -0.39 is 5.97 Å². The Bertz CT molecular complexity index is 642. The molecule has 2 heterocycles. The number of aromatic carboxylic acids is 1. The third-order valence-corrected chi connectivity index (χ3v) is 4.60. The highest BCUT2D eigenvalue weighted by Gasteiger charge is 2.19. The Morgan fingerprint density at radius 1 is 1.33 bits per heavy atom. The number of hydrogen-bond donors (Lipinski definition) is 2. The van der Waals surface area contributed by atoms with Crippen molar-refractivity contribution < 1.29 is 15.0 Å². The molecule has 2 N–H and O–H groups in total. The molecule has 0 atom stereocenters. The number of carboxylic acid groups (broad SMARTS) is 1. The number of anilines is 1. The highest BCUT2D eigenvalue weighted by Crippen LogP contribution is 2.34. The number of carbonyl (C=O) groups is 1. The summed E-state index contributed by atoms with van der Waals surface area (Å²) in [4.78, 5) is 22.8. The molecule has 0 aliphatic rings. The Hall–Kier alpha value is -1.73. The molecule has 0 saturated heterocycles. The van der Waals surface area contributed by atoms with Crippen molar-refractivity contribution in [3.05, 3.63) is 16.8 Å². The zero-order valence-corrected chi connectivity index (χ0v) is 13.0. The lowest BCUT2D eigenvalue weighted by Gasteiger charge is -2.19. The normalized spacial score (nSPS) is 11.0. The van der Waals surface area contributed by atoms with Crippen LogP contribution in [0.1, 0.15) is 34.5 Å². The van der Waals surface area contributed by atoms with Crippen LogP contribution in [0, 0.1) is 6.92 Å². The van der Waals surface area contributed by atoms with Gasteiger partial charge in [0.25, 0.3) is 0 Å². The fraction of sp³-hybridized carbons (Fsp3) is 0.500. The van der Waals surface area contributed by atoms with E-state index in [4.69, 9.17) is 5.11 Å². The highest BCUT2D eigenvalue weighted by atomic mass is 32.1. The van der Waals surface area contributed by atoms with Crippen LogP contribution in [0.25, 0.3) is 10.2 Å². The van der Waals surface area contributed by atoms with Crippen LogP contribution < -0.4 is 4.90 Å². The van der Waals surface area contributed by atoms with E-state index in [1.807, 2.05) is 11.9 Å². The van der Waals surface area contributed by atoms with E-state index in [9.17, 15) is 9.90 Å². The zero-order chi connectivity index (χ0) is 15.4. The molecule has 2 rings (SSSR count). The van der Waals surface area contributed by atoms with Gasteiger partial charge in [-0.25, -0.2) is 14.8 Å². The molecule has 0 saturated carbocycles.